The van der Waals surface area contributed by atoms with Gasteiger partial charge < -0.3 is 14.3 Å². The first-order valence-corrected chi connectivity index (χ1v) is 12.1. The van der Waals surface area contributed by atoms with Gasteiger partial charge in [-0.1, -0.05) is 101 Å². The zero-order valence-corrected chi connectivity index (χ0v) is 20.8. The summed E-state index contributed by atoms with van der Waals surface area (Å²) in [5, 5.41) is 8.99. The highest BCUT2D eigenvalue weighted by atomic mass is 16.5. The van der Waals surface area contributed by atoms with Crippen molar-refractivity contribution < 1.29 is 23.9 Å². The molecular weight excluding hydrogens is 402 g/mol. The molecular formula is C27H46NO4+. The van der Waals surface area contributed by atoms with Crippen molar-refractivity contribution in [1.29, 1.82) is 0 Å². The minimum atomic E-state index is -0.976. The number of hydrogen-bond acceptors (Lipinski definition) is 3. The molecule has 0 heterocycles. The fraction of sp³-hybridized carbons (Fsp3) is 0.630. The molecule has 0 amide bonds. The summed E-state index contributed by atoms with van der Waals surface area (Å²) in [5.74, 6) is -1.50. The molecule has 0 aliphatic rings. The molecule has 5 nitrogen and oxygen atoms in total. The lowest BCUT2D eigenvalue weighted by atomic mass is 10.1. The summed E-state index contributed by atoms with van der Waals surface area (Å²) in [7, 11) is 5.79. The molecule has 0 spiro atoms. The summed E-state index contributed by atoms with van der Waals surface area (Å²) in [6.45, 7) is 2.70. The smallest absolute Gasteiger partial charge is 0.331 e. The molecule has 1 unspecified atom stereocenters. The van der Waals surface area contributed by atoms with E-state index >= 15 is 0 Å². The van der Waals surface area contributed by atoms with Crippen molar-refractivity contribution in [2.45, 2.75) is 83.7 Å². The fourth-order valence-corrected chi connectivity index (χ4v) is 3.29. The molecule has 182 valence electrons. The van der Waals surface area contributed by atoms with Crippen LogP contribution in [0.2, 0.25) is 0 Å². The number of carboxylic acids is 1. The van der Waals surface area contributed by atoms with Gasteiger partial charge in [-0.3, -0.25) is 4.79 Å². The average molecular weight is 449 g/mol. The predicted octanol–water partition coefficient (Wildman–Crippen LogP) is 6.22. The van der Waals surface area contributed by atoms with Gasteiger partial charge in [0.05, 0.1) is 27.6 Å². The van der Waals surface area contributed by atoms with Crippen molar-refractivity contribution in [3.05, 3.63) is 48.6 Å². The van der Waals surface area contributed by atoms with E-state index in [0.717, 1.165) is 6.42 Å². The first kappa shape index (κ1) is 29.9. The number of allylic oxidation sites excluding steroid dienone is 7. The molecule has 0 rings (SSSR count). The molecule has 0 radical (unpaired) electrons. The summed E-state index contributed by atoms with van der Waals surface area (Å²) in [6.07, 6.45) is 27.0. The zero-order chi connectivity index (χ0) is 24.1. The SMILES string of the molecule is CCCCCCCCCCCC=CC=CC=CC=CC(=O)OC(CC(=O)O)C[N+](C)(C)C. The van der Waals surface area contributed by atoms with Gasteiger partial charge >= 0.3 is 11.9 Å². The molecule has 0 saturated heterocycles. The van der Waals surface area contributed by atoms with Crippen molar-refractivity contribution in [2.24, 2.45) is 0 Å². The van der Waals surface area contributed by atoms with Crippen molar-refractivity contribution in [2.75, 3.05) is 27.7 Å². The molecule has 0 bridgehead atoms. The minimum absolute atomic E-state index is 0.195. The Morgan fingerprint density at radius 3 is 1.91 bits per heavy atom. The topological polar surface area (TPSA) is 63.6 Å². The number of likely N-dealkylation sites (N-methyl/N-ethyl adjacent to an activating group) is 1. The van der Waals surface area contributed by atoms with E-state index in [1.165, 1.54) is 63.9 Å². The number of carbonyl (C=O) groups is 2. The van der Waals surface area contributed by atoms with Crippen LogP contribution in [0.15, 0.2) is 48.6 Å². The van der Waals surface area contributed by atoms with Gasteiger partial charge in [-0.2, -0.15) is 0 Å². The Bertz CT molecular complexity index is 612. The van der Waals surface area contributed by atoms with E-state index < -0.39 is 18.0 Å². The summed E-state index contributed by atoms with van der Waals surface area (Å²) < 4.78 is 5.80. The number of esters is 1. The van der Waals surface area contributed by atoms with Gasteiger partial charge in [0.1, 0.15) is 6.54 Å². The predicted molar refractivity (Wildman–Crippen MR) is 133 cm³/mol. The van der Waals surface area contributed by atoms with Gasteiger partial charge in [0, 0.05) is 6.08 Å². The number of carbonyl (C=O) groups excluding carboxylic acids is 1. The Hall–Kier alpha value is -2.14. The maximum atomic E-state index is 11.9. The van der Waals surface area contributed by atoms with E-state index in [2.05, 4.69) is 13.0 Å². The lowest BCUT2D eigenvalue weighted by Crippen LogP contribution is -2.43. The molecule has 0 aromatic heterocycles. The van der Waals surface area contributed by atoms with Crippen LogP contribution in [0.25, 0.3) is 0 Å². The molecule has 0 aliphatic heterocycles. The van der Waals surface area contributed by atoms with E-state index in [0.29, 0.717) is 11.0 Å². The zero-order valence-electron chi connectivity index (χ0n) is 20.8. The molecule has 0 aromatic carbocycles. The number of quaternary nitrogens is 1. The summed E-state index contributed by atoms with van der Waals surface area (Å²) in [5.41, 5.74) is 0. The van der Waals surface area contributed by atoms with Crippen LogP contribution in [0.5, 0.6) is 0 Å². The number of unbranched alkanes of at least 4 members (excludes halogenated alkanes) is 9. The normalized spacial score (nSPS) is 13.6. The van der Waals surface area contributed by atoms with Gasteiger partial charge in [-0.05, 0) is 12.8 Å². The van der Waals surface area contributed by atoms with Gasteiger partial charge in [0.15, 0.2) is 6.10 Å². The van der Waals surface area contributed by atoms with E-state index in [1.807, 2.05) is 45.4 Å². The van der Waals surface area contributed by atoms with Crippen molar-refractivity contribution in [3.63, 3.8) is 0 Å². The number of aliphatic carboxylic acids is 1. The Balaban J connectivity index is 3.96. The van der Waals surface area contributed by atoms with Gasteiger partial charge in [0.25, 0.3) is 0 Å². The number of rotatable bonds is 19. The van der Waals surface area contributed by atoms with E-state index in [9.17, 15) is 9.59 Å². The highest BCUT2D eigenvalue weighted by Crippen LogP contribution is 2.10. The third-order valence-corrected chi connectivity index (χ3v) is 4.83. The van der Waals surface area contributed by atoms with Crippen molar-refractivity contribution in [3.8, 4) is 0 Å². The number of ether oxygens (including phenoxy) is 1. The van der Waals surface area contributed by atoms with Crippen LogP contribution >= 0.6 is 0 Å². The van der Waals surface area contributed by atoms with E-state index in [1.54, 1.807) is 12.2 Å². The molecule has 32 heavy (non-hydrogen) atoms. The second kappa shape index (κ2) is 19.5. The monoisotopic (exact) mass is 448 g/mol. The highest BCUT2D eigenvalue weighted by Gasteiger charge is 2.23. The molecule has 1 atom stereocenters. The molecule has 5 heteroatoms. The Morgan fingerprint density at radius 1 is 0.812 bits per heavy atom. The summed E-state index contributed by atoms with van der Waals surface area (Å²) in [6, 6.07) is 0. The Kier molecular flexibility index (Phi) is 18.2. The molecule has 0 aliphatic carbocycles. The van der Waals surface area contributed by atoms with Gasteiger partial charge in [-0.25, -0.2) is 4.79 Å². The quantitative estimate of drug-likeness (QED) is 0.0837. The summed E-state index contributed by atoms with van der Waals surface area (Å²) >= 11 is 0. The standard InChI is InChI=1S/C27H45NO4/c1-5-6-7-8-9-10-11-12-13-14-15-16-17-18-19-20-21-22-27(31)32-25(23-26(29)30)24-28(2,3)4/h15-22,25H,5-14,23-24H2,1-4H3/p+1. The van der Waals surface area contributed by atoms with Crippen LogP contribution in [0.4, 0.5) is 0 Å². The van der Waals surface area contributed by atoms with E-state index in [4.69, 9.17) is 9.84 Å². The minimum Gasteiger partial charge on any atom is -0.481 e. The van der Waals surface area contributed by atoms with Crippen molar-refractivity contribution in [1.82, 2.24) is 0 Å². The Morgan fingerprint density at radius 2 is 1.34 bits per heavy atom. The maximum absolute atomic E-state index is 11.9. The third-order valence-electron chi connectivity index (χ3n) is 4.83. The third kappa shape index (κ3) is 22.5. The van der Waals surface area contributed by atoms with Gasteiger partial charge in [-0.15, -0.1) is 0 Å². The first-order valence-electron chi connectivity index (χ1n) is 12.1. The van der Waals surface area contributed by atoms with Crippen LogP contribution in [-0.4, -0.2) is 55.3 Å². The number of carboxylic acid groups (broad SMARTS) is 1. The fourth-order valence-electron chi connectivity index (χ4n) is 3.29. The number of hydrogen-bond donors (Lipinski definition) is 1. The van der Waals surface area contributed by atoms with Gasteiger partial charge in [0.2, 0.25) is 0 Å². The Labute approximate surface area is 196 Å². The molecule has 0 saturated carbocycles. The van der Waals surface area contributed by atoms with Crippen LogP contribution in [-0.2, 0) is 14.3 Å². The first-order chi connectivity index (χ1) is 15.2. The second-order valence-corrected chi connectivity index (χ2v) is 9.30. The van der Waals surface area contributed by atoms with Crippen LogP contribution in [0.1, 0.15) is 77.6 Å². The summed E-state index contributed by atoms with van der Waals surface area (Å²) in [4.78, 5) is 22.9. The number of nitrogens with zero attached hydrogens (tertiary/aromatic N) is 1. The highest BCUT2D eigenvalue weighted by molar-refractivity contribution is 5.82. The van der Waals surface area contributed by atoms with Crippen LogP contribution < -0.4 is 0 Å². The second-order valence-electron chi connectivity index (χ2n) is 9.30. The lowest BCUT2D eigenvalue weighted by Gasteiger charge is -2.28. The average Bonchev–Trinajstić information content (AvgIpc) is 2.68. The van der Waals surface area contributed by atoms with Crippen LogP contribution in [0.3, 0.4) is 0 Å². The van der Waals surface area contributed by atoms with E-state index in [-0.39, 0.29) is 6.42 Å². The van der Waals surface area contributed by atoms with Crippen LogP contribution in [0, 0.1) is 0 Å². The molecule has 0 fully saturated rings. The largest absolute Gasteiger partial charge is 0.481 e. The maximum Gasteiger partial charge on any atom is 0.331 e. The lowest BCUT2D eigenvalue weighted by molar-refractivity contribution is -0.873. The molecule has 1 N–H and O–H groups in total. The van der Waals surface area contributed by atoms with Crippen molar-refractivity contribution >= 4 is 11.9 Å². The molecule has 0 aromatic rings.